The first-order chi connectivity index (χ1) is 12.8. The third-order valence-electron chi connectivity index (χ3n) is 4.10. The number of nitrogens with zero attached hydrogens (tertiary/aromatic N) is 2. The maximum absolute atomic E-state index is 13.2. The van der Waals surface area contributed by atoms with Crippen molar-refractivity contribution in [3.8, 4) is 0 Å². The van der Waals surface area contributed by atoms with Crippen molar-refractivity contribution in [2.24, 2.45) is 0 Å². The van der Waals surface area contributed by atoms with Crippen LogP contribution in [0.1, 0.15) is 10.4 Å². The number of anilines is 1. The van der Waals surface area contributed by atoms with Gasteiger partial charge in [0.15, 0.2) is 15.0 Å². The van der Waals surface area contributed by atoms with E-state index in [4.69, 9.17) is 0 Å². The lowest BCUT2D eigenvalue weighted by Crippen LogP contribution is -3.06. The largest absolute Gasteiger partial charge is 0.338 e. The van der Waals surface area contributed by atoms with Crippen LogP contribution in [0.25, 0.3) is 10.2 Å². The van der Waals surface area contributed by atoms with Crippen LogP contribution in [0.4, 0.5) is 5.13 Å². The summed E-state index contributed by atoms with van der Waals surface area (Å²) in [7, 11) is 0.655. The number of nitrogens with one attached hydrogen (secondary N) is 1. The van der Waals surface area contributed by atoms with Crippen molar-refractivity contribution in [3.05, 3.63) is 54.1 Å². The molecule has 0 aliphatic rings. The molecule has 0 unspecified atom stereocenters. The molecule has 1 heterocycles. The number of thiazole rings is 1. The van der Waals surface area contributed by atoms with Crippen molar-refractivity contribution in [2.75, 3.05) is 38.3 Å². The van der Waals surface area contributed by atoms with Crippen LogP contribution in [0.5, 0.6) is 0 Å². The van der Waals surface area contributed by atoms with Crippen molar-refractivity contribution in [3.63, 3.8) is 0 Å². The van der Waals surface area contributed by atoms with Crippen LogP contribution in [0.15, 0.2) is 53.4 Å². The minimum Gasteiger partial charge on any atom is -0.338 e. The van der Waals surface area contributed by atoms with Crippen molar-refractivity contribution in [1.82, 2.24) is 4.98 Å². The van der Waals surface area contributed by atoms with Crippen LogP contribution < -0.4 is 9.80 Å². The minimum atomic E-state index is -3.38. The summed E-state index contributed by atoms with van der Waals surface area (Å²) in [5.74, 6) is -0.249. The number of rotatable bonds is 6. The lowest BCUT2D eigenvalue weighted by molar-refractivity contribution is -0.856. The zero-order valence-electron chi connectivity index (χ0n) is 15.5. The highest BCUT2D eigenvalue weighted by molar-refractivity contribution is 7.90. The van der Waals surface area contributed by atoms with Gasteiger partial charge in [0.25, 0.3) is 5.91 Å². The summed E-state index contributed by atoms with van der Waals surface area (Å²) < 4.78 is 24.7. The molecule has 27 heavy (non-hydrogen) atoms. The van der Waals surface area contributed by atoms with Gasteiger partial charge in [0.05, 0.1) is 42.3 Å². The summed E-state index contributed by atoms with van der Waals surface area (Å²) in [4.78, 5) is 20.8. The molecule has 0 atom stereocenters. The number of sulfone groups is 1. The van der Waals surface area contributed by atoms with Crippen molar-refractivity contribution in [1.29, 1.82) is 0 Å². The van der Waals surface area contributed by atoms with E-state index in [1.54, 1.807) is 17.0 Å². The van der Waals surface area contributed by atoms with Gasteiger partial charge in [-0.3, -0.25) is 9.69 Å². The molecule has 1 aromatic heterocycles. The zero-order chi connectivity index (χ0) is 19.6. The maximum Gasteiger partial charge on any atom is 0.260 e. The molecule has 0 saturated heterocycles. The molecule has 6 nitrogen and oxygen atoms in total. The third-order valence-corrected chi connectivity index (χ3v) is 6.27. The van der Waals surface area contributed by atoms with Gasteiger partial charge >= 0.3 is 0 Å². The minimum absolute atomic E-state index is 0.135. The van der Waals surface area contributed by atoms with E-state index in [1.165, 1.54) is 28.4 Å². The van der Waals surface area contributed by atoms with E-state index in [0.29, 0.717) is 17.2 Å². The molecular weight excluding hydrogens is 382 g/mol. The number of aromatic nitrogens is 1. The van der Waals surface area contributed by atoms with Crippen molar-refractivity contribution < 1.29 is 18.1 Å². The lowest BCUT2D eigenvalue weighted by atomic mass is 10.2. The fraction of sp³-hybridized carbons (Fsp3) is 0.263. The van der Waals surface area contributed by atoms with Gasteiger partial charge in [-0.25, -0.2) is 13.4 Å². The van der Waals surface area contributed by atoms with Gasteiger partial charge in [0.2, 0.25) is 0 Å². The summed E-state index contributed by atoms with van der Waals surface area (Å²) in [6.45, 7) is 1.23. The van der Waals surface area contributed by atoms with Gasteiger partial charge in [-0.15, -0.1) is 0 Å². The number of hydrogen-bond acceptors (Lipinski definition) is 5. The first-order valence-electron chi connectivity index (χ1n) is 8.52. The standard InChI is InChI=1S/C19H21N3O3S2/c1-21(2)11-12-22(19-20-16-9-4-5-10-17(16)26-19)18(23)14-7-6-8-15(13-14)27(3,24)25/h4-10,13H,11-12H2,1-3H3/p+1. The normalized spacial score (nSPS) is 11.9. The van der Waals surface area contributed by atoms with Gasteiger partial charge in [0, 0.05) is 11.8 Å². The Kier molecular flexibility index (Phi) is 5.59. The Labute approximate surface area is 163 Å². The molecule has 0 saturated carbocycles. The van der Waals surface area contributed by atoms with Crippen LogP contribution in [-0.2, 0) is 9.84 Å². The van der Waals surface area contributed by atoms with E-state index in [-0.39, 0.29) is 10.8 Å². The number of hydrogen-bond donors (Lipinski definition) is 1. The van der Waals surface area contributed by atoms with Crippen LogP contribution in [0, 0.1) is 0 Å². The summed E-state index contributed by atoms with van der Waals surface area (Å²) in [6, 6.07) is 13.9. The van der Waals surface area contributed by atoms with Crippen molar-refractivity contribution >= 4 is 42.4 Å². The van der Waals surface area contributed by atoms with E-state index in [9.17, 15) is 13.2 Å². The SMILES string of the molecule is C[NH+](C)CCN(C(=O)c1cccc(S(C)(=O)=O)c1)c1nc2ccccc2s1. The quantitative estimate of drug-likeness (QED) is 0.676. The Morgan fingerprint density at radius 1 is 1.15 bits per heavy atom. The number of benzene rings is 2. The Bertz CT molecular complexity index is 1040. The van der Waals surface area contributed by atoms with Gasteiger partial charge < -0.3 is 4.90 Å². The smallest absolute Gasteiger partial charge is 0.260 e. The number of carbonyl (C=O) groups excluding carboxylic acids is 1. The molecular formula is C19H22N3O3S2+. The van der Waals surface area contributed by atoms with Gasteiger partial charge in [-0.2, -0.15) is 0 Å². The van der Waals surface area contributed by atoms with E-state index in [1.807, 2.05) is 38.4 Å². The highest BCUT2D eigenvalue weighted by Crippen LogP contribution is 2.29. The summed E-state index contributed by atoms with van der Waals surface area (Å²) in [5, 5.41) is 0.618. The molecule has 2 aromatic carbocycles. The molecule has 3 rings (SSSR count). The number of quaternary nitrogens is 1. The molecule has 0 fully saturated rings. The molecule has 3 aromatic rings. The van der Waals surface area contributed by atoms with E-state index >= 15 is 0 Å². The Morgan fingerprint density at radius 3 is 2.56 bits per heavy atom. The Morgan fingerprint density at radius 2 is 1.89 bits per heavy atom. The number of carbonyl (C=O) groups is 1. The van der Waals surface area contributed by atoms with Gasteiger partial charge in [-0.1, -0.05) is 29.5 Å². The second-order valence-corrected chi connectivity index (χ2v) is 9.70. The van der Waals surface area contributed by atoms with Crippen LogP contribution in [0.3, 0.4) is 0 Å². The molecule has 1 amide bonds. The van der Waals surface area contributed by atoms with Gasteiger partial charge in [-0.05, 0) is 30.3 Å². The molecule has 142 valence electrons. The molecule has 0 bridgehead atoms. The molecule has 1 N–H and O–H groups in total. The van der Waals surface area contributed by atoms with Crippen LogP contribution in [-0.4, -0.2) is 52.7 Å². The highest BCUT2D eigenvalue weighted by atomic mass is 32.2. The topological polar surface area (TPSA) is 71.8 Å². The van der Waals surface area contributed by atoms with Crippen molar-refractivity contribution in [2.45, 2.75) is 4.90 Å². The Balaban J connectivity index is 2.01. The number of fused-ring (bicyclic) bond motifs is 1. The average molecular weight is 405 g/mol. The summed E-state index contributed by atoms with van der Waals surface area (Å²) in [5.41, 5.74) is 1.18. The van der Waals surface area contributed by atoms with Crippen LogP contribution in [0.2, 0.25) is 0 Å². The molecule has 0 spiro atoms. The maximum atomic E-state index is 13.2. The predicted octanol–water partition coefficient (Wildman–Crippen LogP) is 1.49. The fourth-order valence-electron chi connectivity index (χ4n) is 2.61. The monoisotopic (exact) mass is 404 g/mol. The average Bonchev–Trinajstić information content (AvgIpc) is 3.04. The predicted molar refractivity (Wildman–Crippen MR) is 109 cm³/mol. The van der Waals surface area contributed by atoms with E-state index < -0.39 is 9.84 Å². The molecule has 0 aliphatic heterocycles. The lowest BCUT2D eigenvalue weighted by Gasteiger charge is -2.21. The number of amides is 1. The Hall–Kier alpha value is -2.29. The number of para-hydroxylation sites is 1. The summed E-state index contributed by atoms with van der Waals surface area (Å²) >= 11 is 1.46. The fourth-order valence-corrected chi connectivity index (χ4v) is 4.27. The molecule has 0 aliphatic carbocycles. The zero-order valence-corrected chi connectivity index (χ0v) is 17.1. The summed E-state index contributed by atoms with van der Waals surface area (Å²) in [6.07, 6.45) is 1.14. The number of likely N-dealkylation sites (N-methyl/N-ethyl adjacent to an activating group) is 1. The third kappa shape index (κ3) is 4.52. The van der Waals surface area contributed by atoms with Gasteiger partial charge in [0.1, 0.15) is 0 Å². The van der Waals surface area contributed by atoms with Crippen LogP contribution >= 0.6 is 11.3 Å². The van der Waals surface area contributed by atoms with E-state index in [0.717, 1.165) is 23.0 Å². The highest BCUT2D eigenvalue weighted by Gasteiger charge is 2.23. The van der Waals surface area contributed by atoms with E-state index in [2.05, 4.69) is 4.98 Å². The first-order valence-corrected chi connectivity index (χ1v) is 11.2. The molecule has 0 radical (unpaired) electrons. The first kappa shape index (κ1) is 19.5. The molecule has 8 heteroatoms. The second kappa shape index (κ2) is 7.75. The second-order valence-electron chi connectivity index (χ2n) is 6.68.